The molecule has 1 atom stereocenters. The molecule has 0 aliphatic heterocycles. The van der Waals surface area contributed by atoms with E-state index < -0.39 is 5.54 Å². The minimum atomic E-state index is -0.454. The zero-order valence-corrected chi connectivity index (χ0v) is 10.9. The highest BCUT2D eigenvalue weighted by Crippen LogP contribution is 2.24. The van der Waals surface area contributed by atoms with Gasteiger partial charge in [-0.2, -0.15) is 0 Å². The molecule has 0 amide bonds. The van der Waals surface area contributed by atoms with Gasteiger partial charge >= 0.3 is 0 Å². The standard InChI is InChI=1S/C14H18FN3/c1-10(11-4-6-12(15)7-5-11)18-9-17-8-13(18)14(2,3)16/h4-10H,16H2,1-3H3. The van der Waals surface area contributed by atoms with E-state index in [9.17, 15) is 4.39 Å². The van der Waals surface area contributed by atoms with Gasteiger partial charge in [0.25, 0.3) is 0 Å². The third-order valence-corrected chi connectivity index (χ3v) is 3.10. The second kappa shape index (κ2) is 4.53. The van der Waals surface area contributed by atoms with Crippen LogP contribution in [0.4, 0.5) is 4.39 Å². The molecule has 0 fully saturated rings. The number of hydrogen-bond acceptors (Lipinski definition) is 2. The maximum atomic E-state index is 12.9. The molecule has 0 saturated heterocycles. The first-order valence-electron chi connectivity index (χ1n) is 5.96. The normalized spacial score (nSPS) is 13.6. The van der Waals surface area contributed by atoms with Crippen molar-refractivity contribution in [3.8, 4) is 0 Å². The molecule has 0 saturated carbocycles. The molecular formula is C14H18FN3. The fraction of sp³-hybridized carbons (Fsp3) is 0.357. The van der Waals surface area contributed by atoms with Gasteiger partial charge in [-0.25, -0.2) is 9.37 Å². The van der Waals surface area contributed by atoms with Crippen LogP contribution in [0.1, 0.15) is 38.1 Å². The number of benzene rings is 1. The monoisotopic (exact) mass is 247 g/mol. The molecule has 3 nitrogen and oxygen atoms in total. The molecule has 1 aromatic heterocycles. The molecule has 18 heavy (non-hydrogen) atoms. The Kier molecular flexibility index (Phi) is 3.22. The minimum Gasteiger partial charge on any atom is -0.326 e. The van der Waals surface area contributed by atoms with E-state index in [0.29, 0.717) is 0 Å². The van der Waals surface area contributed by atoms with Crippen LogP contribution < -0.4 is 5.73 Å². The van der Waals surface area contributed by atoms with Crippen LogP contribution in [0, 0.1) is 5.82 Å². The zero-order chi connectivity index (χ0) is 13.3. The fourth-order valence-corrected chi connectivity index (χ4v) is 2.01. The zero-order valence-electron chi connectivity index (χ0n) is 10.9. The average molecular weight is 247 g/mol. The van der Waals surface area contributed by atoms with Crippen LogP contribution >= 0.6 is 0 Å². The third kappa shape index (κ3) is 2.43. The maximum absolute atomic E-state index is 12.9. The number of halogens is 1. The number of aromatic nitrogens is 2. The van der Waals surface area contributed by atoms with Crippen molar-refractivity contribution in [2.24, 2.45) is 5.73 Å². The lowest BCUT2D eigenvalue weighted by molar-refractivity contribution is 0.477. The second-order valence-electron chi connectivity index (χ2n) is 5.14. The Hall–Kier alpha value is -1.68. The summed E-state index contributed by atoms with van der Waals surface area (Å²) in [7, 11) is 0. The maximum Gasteiger partial charge on any atom is 0.123 e. The number of hydrogen-bond donors (Lipinski definition) is 1. The topological polar surface area (TPSA) is 43.8 Å². The van der Waals surface area contributed by atoms with Crippen LogP contribution in [0.5, 0.6) is 0 Å². The molecule has 0 aliphatic carbocycles. The Morgan fingerprint density at radius 2 is 1.89 bits per heavy atom. The van der Waals surface area contributed by atoms with E-state index in [0.717, 1.165) is 11.3 Å². The van der Waals surface area contributed by atoms with Gasteiger partial charge in [0.2, 0.25) is 0 Å². The summed E-state index contributed by atoms with van der Waals surface area (Å²) in [5.41, 5.74) is 7.65. The van der Waals surface area contributed by atoms with Gasteiger partial charge in [0, 0.05) is 0 Å². The lowest BCUT2D eigenvalue weighted by Crippen LogP contribution is -2.32. The van der Waals surface area contributed by atoms with Gasteiger partial charge in [-0.15, -0.1) is 0 Å². The van der Waals surface area contributed by atoms with E-state index in [1.165, 1.54) is 12.1 Å². The summed E-state index contributed by atoms with van der Waals surface area (Å²) in [5.74, 6) is -0.226. The molecule has 2 aromatic rings. The molecule has 96 valence electrons. The van der Waals surface area contributed by atoms with E-state index in [2.05, 4.69) is 4.98 Å². The molecule has 2 rings (SSSR count). The summed E-state index contributed by atoms with van der Waals surface area (Å²) in [4.78, 5) is 4.16. The highest BCUT2D eigenvalue weighted by Gasteiger charge is 2.22. The van der Waals surface area contributed by atoms with E-state index >= 15 is 0 Å². The van der Waals surface area contributed by atoms with E-state index in [4.69, 9.17) is 5.73 Å². The fourth-order valence-electron chi connectivity index (χ4n) is 2.01. The molecule has 0 spiro atoms. The first-order valence-corrected chi connectivity index (χ1v) is 5.96. The Morgan fingerprint density at radius 1 is 1.28 bits per heavy atom. The van der Waals surface area contributed by atoms with Crippen molar-refractivity contribution in [2.75, 3.05) is 0 Å². The van der Waals surface area contributed by atoms with Crippen LogP contribution in [0.15, 0.2) is 36.8 Å². The summed E-state index contributed by atoms with van der Waals surface area (Å²) in [5, 5.41) is 0. The van der Waals surface area contributed by atoms with Crippen molar-refractivity contribution < 1.29 is 4.39 Å². The first kappa shape index (κ1) is 12.8. The van der Waals surface area contributed by atoms with Crippen molar-refractivity contribution in [3.63, 3.8) is 0 Å². The van der Waals surface area contributed by atoms with Gasteiger partial charge in [0.1, 0.15) is 5.82 Å². The van der Waals surface area contributed by atoms with Crippen molar-refractivity contribution in [3.05, 3.63) is 53.9 Å². The van der Waals surface area contributed by atoms with Crippen molar-refractivity contribution in [1.82, 2.24) is 9.55 Å². The lowest BCUT2D eigenvalue weighted by Gasteiger charge is -2.24. The van der Waals surface area contributed by atoms with Crippen LogP contribution in [-0.2, 0) is 5.54 Å². The molecule has 2 N–H and O–H groups in total. The molecule has 0 radical (unpaired) electrons. The average Bonchev–Trinajstić information content (AvgIpc) is 2.77. The van der Waals surface area contributed by atoms with Crippen molar-refractivity contribution in [1.29, 1.82) is 0 Å². The smallest absolute Gasteiger partial charge is 0.123 e. The van der Waals surface area contributed by atoms with Crippen LogP contribution in [-0.4, -0.2) is 9.55 Å². The third-order valence-electron chi connectivity index (χ3n) is 3.10. The summed E-state index contributed by atoms with van der Waals surface area (Å²) in [6, 6.07) is 6.58. The Balaban J connectivity index is 2.37. The van der Waals surface area contributed by atoms with Crippen LogP contribution in [0.2, 0.25) is 0 Å². The predicted molar refractivity (Wildman–Crippen MR) is 69.7 cm³/mol. The van der Waals surface area contributed by atoms with Gasteiger partial charge < -0.3 is 10.3 Å². The summed E-state index contributed by atoms with van der Waals surface area (Å²) in [6.45, 7) is 5.93. The Bertz CT molecular complexity index is 523. The number of rotatable bonds is 3. The van der Waals surface area contributed by atoms with E-state index in [-0.39, 0.29) is 11.9 Å². The Morgan fingerprint density at radius 3 is 2.44 bits per heavy atom. The summed E-state index contributed by atoms with van der Waals surface area (Å²) in [6.07, 6.45) is 3.54. The predicted octanol–water partition coefficient (Wildman–Crippen LogP) is 2.83. The molecule has 0 aliphatic rings. The molecule has 0 bridgehead atoms. The van der Waals surface area contributed by atoms with Crippen LogP contribution in [0.25, 0.3) is 0 Å². The quantitative estimate of drug-likeness (QED) is 0.906. The highest BCUT2D eigenvalue weighted by atomic mass is 19.1. The summed E-state index contributed by atoms with van der Waals surface area (Å²) < 4.78 is 14.9. The molecule has 1 unspecified atom stereocenters. The number of nitrogens with zero attached hydrogens (tertiary/aromatic N) is 2. The first-order chi connectivity index (χ1) is 8.39. The highest BCUT2D eigenvalue weighted by molar-refractivity contribution is 5.22. The van der Waals surface area contributed by atoms with E-state index in [1.54, 1.807) is 24.7 Å². The number of nitrogens with two attached hydrogens (primary N) is 1. The summed E-state index contributed by atoms with van der Waals surface area (Å²) >= 11 is 0. The van der Waals surface area contributed by atoms with Crippen LogP contribution in [0.3, 0.4) is 0 Å². The molecule has 1 aromatic carbocycles. The van der Waals surface area contributed by atoms with Crippen molar-refractivity contribution >= 4 is 0 Å². The van der Waals surface area contributed by atoms with Gasteiger partial charge in [-0.1, -0.05) is 12.1 Å². The lowest BCUT2D eigenvalue weighted by atomic mass is 10.0. The van der Waals surface area contributed by atoms with Gasteiger partial charge in [0.15, 0.2) is 0 Å². The molecular weight excluding hydrogens is 229 g/mol. The van der Waals surface area contributed by atoms with Gasteiger partial charge in [-0.3, -0.25) is 0 Å². The molecule has 4 heteroatoms. The van der Waals surface area contributed by atoms with Gasteiger partial charge in [0.05, 0.1) is 29.8 Å². The van der Waals surface area contributed by atoms with Crippen molar-refractivity contribution in [2.45, 2.75) is 32.4 Å². The number of imidazole rings is 1. The second-order valence-corrected chi connectivity index (χ2v) is 5.14. The molecule has 1 heterocycles. The van der Waals surface area contributed by atoms with E-state index in [1.807, 2.05) is 25.3 Å². The SMILES string of the molecule is CC(c1ccc(F)cc1)n1cncc1C(C)(C)N. The Labute approximate surface area is 106 Å². The largest absolute Gasteiger partial charge is 0.326 e. The van der Waals surface area contributed by atoms with Gasteiger partial charge in [-0.05, 0) is 38.5 Å². The minimum absolute atomic E-state index is 0.0749.